The topological polar surface area (TPSA) is 26.0 Å². The zero-order valence-electron chi connectivity index (χ0n) is 12.6. The van der Waals surface area contributed by atoms with Gasteiger partial charge in [-0.15, -0.1) is 0 Å². The quantitative estimate of drug-likeness (QED) is 0.803. The molecule has 0 aliphatic heterocycles. The maximum absolute atomic E-state index is 6.47. The summed E-state index contributed by atoms with van der Waals surface area (Å²) in [7, 11) is 0. The normalized spacial score (nSPS) is 25.2. The molecule has 0 radical (unpaired) electrons. The van der Waals surface area contributed by atoms with Crippen LogP contribution in [-0.4, -0.2) is 0 Å². The van der Waals surface area contributed by atoms with Crippen LogP contribution in [0.2, 0.25) is 0 Å². The molecule has 2 N–H and O–H groups in total. The van der Waals surface area contributed by atoms with Crippen LogP contribution in [0.5, 0.6) is 0 Å². The van der Waals surface area contributed by atoms with Gasteiger partial charge < -0.3 is 5.73 Å². The van der Waals surface area contributed by atoms with E-state index in [4.69, 9.17) is 5.73 Å². The van der Waals surface area contributed by atoms with Crippen molar-refractivity contribution in [3.63, 3.8) is 0 Å². The Hall–Kier alpha value is -0.820. The van der Waals surface area contributed by atoms with Crippen LogP contribution in [-0.2, 0) is 6.42 Å². The number of hydrogen-bond donors (Lipinski definition) is 1. The predicted octanol–water partition coefficient (Wildman–Crippen LogP) is 4.86. The van der Waals surface area contributed by atoms with E-state index in [1.165, 1.54) is 56.1 Å². The fourth-order valence-corrected chi connectivity index (χ4v) is 3.20. The number of hydrogen-bond acceptors (Lipinski definition) is 1. The lowest BCUT2D eigenvalue weighted by molar-refractivity contribution is 0.256. The molecule has 1 nitrogen and oxygen atoms in total. The van der Waals surface area contributed by atoms with Crippen molar-refractivity contribution in [2.45, 2.75) is 64.8 Å². The zero-order chi connectivity index (χ0) is 13.7. The van der Waals surface area contributed by atoms with Crippen molar-refractivity contribution in [3.05, 3.63) is 35.4 Å². The Kier molecular flexibility index (Phi) is 5.45. The van der Waals surface area contributed by atoms with E-state index in [9.17, 15) is 0 Å². The third-order valence-electron chi connectivity index (χ3n) is 4.75. The second kappa shape index (κ2) is 7.09. The molecular formula is C18H29N. The first-order valence-electron chi connectivity index (χ1n) is 8.05. The monoisotopic (exact) mass is 259 g/mol. The Morgan fingerprint density at radius 2 is 1.74 bits per heavy atom. The fraction of sp³-hybridized carbons (Fsp3) is 0.667. The number of nitrogens with two attached hydrogens (primary N) is 1. The van der Waals surface area contributed by atoms with E-state index < -0.39 is 0 Å². The second-order valence-electron chi connectivity index (χ2n) is 6.39. The molecule has 0 bridgehead atoms. The Labute approximate surface area is 118 Å². The molecule has 19 heavy (non-hydrogen) atoms. The second-order valence-corrected chi connectivity index (χ2v) is 6.39. The van der Waals surface area contributed by atoms with Crippen LogP contribution in [0.15, 0.2) is 24.3 Å². The summed E-state index contributed by atoms with van der Waals surface area (Å²) in [5.74, 6) is 1.59. The fourth-order valence-electron chi connectivity index (χ4n) is 3.20. The van der Waals surface area contributed by atoms with Gasteiger partial charge in [-0.25, -0.2) is 0 Å². The van der Waals surface area contributed by atoms with Gasteiger partial charge in [0.05, 0.1) is 0 Å². The lowest BCUT2D eigenvalue weighted by Gasteiger charge is -2.30. The van der Waals surface area contributed by atoms with Crippen molar-refractivity contribution in [2.24, 2.45) is 17.6 Å². The first-order chi connectivity index (χ1) is 9.20. The summed E-state index contributed by atoms with van der Waals surface area (Å²) >= 11 is 0. The highest BCUT2D eigenvalue weighted by Crippen LogP contribution is 2.35. The predicted molar refractivity (Wildman–Crippen MR) is 83.1 cm³/mol. The van der Waals surface area contributed by atoms with Crippen LogP contribution in [0.4, 0.5) is 0 Å². The molecule has 0 aromatic heterocycles. The van der Waals surface area contributed by atoms with Crippen molar-refractivity contribution < 1.29 is 0 Å². The molecule has 1 aromatic carbocycles. The van der Waals surface area contributed by atoms with Gasteiger partial charge >= 0.3 is 0 Å². The molecule has 0 spiro atoms. The van der Waals surface area contributed by atoms with Gasteiger partial charge in [-0.05, 0) is 48.6 Å². The molecule has 1 fully saturated rings. The molecule has 1 aliphatic rings. The maximum atomic E-state index is 6.47. The standard InChI is InChI=1S/C18H29N/c1-3-4-5-15-8-12-17(13-9-15)18(19)16-10-6-14(2)7-11-16/h8-9,12-14,16,18H,3-7,10-11,19H2,1-2H3. The van der Waals surface area contributed by atoms with E-state index in [-0.39, 0.29) is 6.04 Å². The third kappa shape index (κ3) is 4.07. The summed E-state index contributed by atoms with van der Waals surface area (Å²) in [4.78, 5) is 0. The summed E-state index contributed by atoms with van der Waals surface area (Å²) in [6, 6.07) is 9.31. The molecule has 1 heteroatoms. The number of aryl methyl sites for hydroxylation is 1. The van der Waals surface area contributed by atoms with E-state index in [0.29, 0.717) is 5.92 Å². The molecule has 1 aromatic rings. The number of benzene rings is 1. The lowest BCUT2D eigenvalue weighted by atomic mass is 9.77. The summed E-state index contributed by atoms with van der Waals surface area (Å²) in [6.07, 6.45) is 9.07. The lowest BCUT2D eigenvalue weighted by Crippen LogP contribution is -2.25. The highest BCUT2D eigenvalue weighted by atomic mass is 14.7. The van der Waals surface area contributed by atoms with Crippen LogP contribution < -0.4 is 5.73 Å². The first kappa shape index (κ1) is 14.6. The van der Waals surface area contributed by atoms with E-state index >= 15 is 0 Å². The largest absolute Gasteiger partial charge is 0.324 e. The summed E-state index contributed by atoms with van der Waals surface area (Å²) in [6.45, 7) is 4.61. The molecule has 2 rings (SSSR count). The van der Waals surface area contributed by atoms with E-state index in [1.54, 1.807) is 0 Å². The van der Waals surface area contributed by atoms with Crippen LogP contribution in [0.25, 0.3) is 0 Å². The van der Waals surface area contributed by atoms with E-state index in [0.717, 1.165) is 5.92 Å². The van der Waals surface area contributed by atoms with E-state index in [2.05, 4.69) is 38.1 Å². The van der Waals surface area contributed by atoms with Gasteiger partial charge in [0, 0.05) is 6.04 Å². The van der Waals surface area contributed by atoms with Crippen molar-refractivity contribution >= 4 is 0 Å². The van der Waals surface area contributed by atoms with E-state index in [1.807, 2.05) is 0 Å². The Morgan fingerprint density at radius 3 is 2.32 bits per heavy atom. The maximum Gasteiger partial charge on any atom is 0.0323 e. The number of rotatable bonds is 5. The minimum absolute atomic E-state index is 0.243. The highest BCUT2D eigenvalue weighted by molar-refractivity contribution is 5.25. The minimum atomic E-state index is 0.243. The third-order valence-corrected chi connectivity index (χ3v) is 4.75. The molecule has 1 atom stereocenters. The smallest absolute Gasteiger partial charge is 0.0323 e. The molecule has 0 heterocycles. The van der Waals surface area contributed by atoms with Gasteiger partial charge in [-0.1, -0.05) is 57.4 Å². The van der Waals surface area contributed by atoms with Crippen LogP contribution in [0.3, 0.4) is 0 Å². The molecule has 1 unspecified atom stereocenters. The average Bonchev–Trinajstić information content (AvgIpc) is 2.46. The zero-order valence-corrected chi connectivity index (χ0v) is 12.6. The molecule has 0 saturated heterocycles. The van der Waals surface area contributed by atoms with Crippen LogP contribution in [0.1, 0.15) is 69.5 Å². The highest BCUT2D eigenvalue weighted by Gasteiger charge is 2.24. The molecule has 1 aliphatic carbocycles. The number of unbranched alkanes of at least 4 members (excludes halogenated alkanes) is 1. The minimum Gasteiger partial charge on any atom is -0.324 e. The van der Waals surface area contributed by atoms with Crippen LogP contribution in [0, 0.1) is 11.8 Å². The van der Waals surface area contributed by atoms with Crippen molar-refractivity contribution in [2.75, 3.05) is 0 Å². The summed E-state index contributed by atoms with van der Waals surface area (Å²) < 4.78 is 0. The van der Waals surface area contributed by atoms with Gasteiger partial charge in [0.2, 0.25) is 0 Å². The van der Waals surface area contributed by atoms with Gasteiger partial charge in [0.1, 0.15) is 0 Å². The van der Waals surface area contributed by atoms with Gasteiger partial charge in [0.25, 0.3) is 0 Å². The SMILES string of the molecule is CCCCc1ccc(C(N)C2CCC(C)CC2)cc1. The van der Waals surface area contributed by atoms with Crippen molar-refractivity contribution in [1.82, 2.24) is 0 Å². The van der Waals surface area contributed by atoms with Gasteiger partial charge in [-0.3, -0.25) is 0 Å². The molecule has 0 amide bonds. The van der Waals surface area contributed by atoms with Gasteiger partial charge in [-0.2, -0.15) is 0 Å². The Morgan fingerprint density at radius 1 is 1.11 bits per heavy atom. The van der Waals surface area contributed by atoms with Gasteiger partial charge in [0.15, 0.2) is 0 Å². The molecule has 1 saturated carbocycles. The Balaban J connectivity index is 1.93. The molecule has 106 valence electrons. The van der Waals surface area contributed by atoms with Crippen molar-refractivity contribution in [1.29, 1.82) is 0 Å². The Bertz CT molecular complexity index is 360. The summed E-state index contributed by atoms with van der Waals surface area (Å²) in [5, 5.41) is 0. The molecular weight excluding hydrogens is 230 g/mol. The average molecular weight is 259 g/mol. The van der Waals surface area contributed by atoms with Crippen LogP contribution >= 0.6 is 0 Å². The first-order valence-corrected chi connectivity index (χ1v) is 8.05. The van der Waals surface area contributed by atoms with Crippen molar-refractivity contribution in [3.8, 4) is 0 Å². The summed E-state index contributed by atoms with van der Waals surface area (Å²) in [5.41, 5.74) is 9.25.